The lowest BCUT2D eigenvalue weighted by atomic mass is 9.55. The zero-order chi connectivity index (χ0) is 39.3. The third kappa shape index (κ3) is 4.90. The molecule has 0 radical (unpaired) electrons. The highest BCUT2D eigenvalue weighted by Gasteiger charge is 2.53. The summed E-state index contributed by atoms with van der Waals surface area (Å²) in [6.07, 6.45) is 0. The first kappa shape index (κ1) is 34.1. The molecule has 0 saturated heterocycles. The van der Waals surface area contributed by atoms with Crippen LogP contribution in [-0.2, 0) is 10.8 Å². The van der Waals surface area contributed by atoms with Crippen LogP contribution in [0.25, 0.3) is 76.6 Å². The van der Waals surface area contributed by atoms with Crippen LogP contribution in [0.3, 0.4) is 0 Å². The van der Waals surface area contributed by atoms with Crippen molar-refractivity contribution in [2.45, 2.75) is 24.7 Å². The van der Waals surface area contributed by atoms with E-state index in [0.717, 1.165) is 22.3 Å². The molecule has 0 saturated carbocycles. The second-order valence-corrected chi connectivity index (χ2v) is 17.4. The highest BCUT2D eigenvalue weighted by atomic mass is 32.1. The van der Waals surface area contributed by atoms with Gasteiger partial charge in [-0.15, -0.1) is 11.3 Å². The molecule has 278 valence electrons. The average Bonchev–Trinajstić information content (AvgIpc) is 3.82. The number of benzene rings is 8. The summed E-state index contributed by atoms with van der Waals surface area (Å²) in [7, 11) is 0. The molecule has 59 heavy (non-hydrogen) atoms. The van der Waals surface area contributed by atoms with Crippen LogP contribution in [0, 0.1) is 0 Å². The molecule has 3 nitrogen and oxygen atoms in total. The third-order valence-electron chi connectivity index (χ3n) is 12.8. The van der Waals surface area contributed by atoms with Crippen molar-refractivity contribution in [3.63, 3.8) is 0 Å². The van der Waals surface area contributed by atoms with Gasteiger partial charge in [-0.1, -0.05) is 184 Å². The fourth-order valence-corrected chi connectivity index (χ4v) is 11.3. The summed E-state index contributed by atoms with van der Waals surface area (Å²) in [4.78, 5) is 15.5. The average molecular weight is 772 g/mol. The molecule has 2 aliphatic carbocycles. The van der Waals surface area contributed by atoms with Gasteiger partial charge >= 0.3 is 0 Å². The monoisotopic (exact) mass is 771 g/mol. The lowest BCUT2D eigenvalue weighted by Gasteiger charge is -2.46. The van der Waals surface area contributed by atoms with Crippen LogP contribution in [0.2, 0.25) is 0 Å². The van der Waals surface area contributed by atoms with E-state index in [2.05, 4.69) is 178 Å². The first-order valence-corrected chi connectivity index (χ1v) is 21.1. The van der Waals surface area contributed by atoms with Crippen molar-refractivity contribution in [2.75, 3.05) is 0 Å². The summed E-state index contributed by atoms with van der Waals surface area (Å²) in [6.45, 7) is 4.81. The number of aromatic nitrogens is 3. The minimum atomic E-state index is -0.439. The van der Waals surface area contributed by atoms with Crippen molar-refractivity contribution in [3.8, 4) is 56.4 Å². The van der Waals surface area contributed by atoms with Crippen molar-refractivity contribution < 1.29 is 0 Å². The Morgan fingerprint density at radius 3 is 1.51 bits per heavy atom. The van der Waals surface area contributed by atoms with Gasteiger partial charge in [0.15, 0.2) is 17.5 Å². The van der Waals surface area contributed by atoms with Gasteiger partial charge in [-0.05, 0) is 73.8 Å². The first-order valence-electron chi connectivity index (χ1n) is 20.3. The quantitative estimate of drug-likeness (QED) is 0.179. The molecule has 4 heteroatoms. The maximum atomic E-state index is 5.24. The standard InChI is InChI=1S/C55H37N3S/c1-54(2)45-26-13-14-27-46(45)55(43-24-11-9-20-38(43)39-21-10-12-25-44(39)55)48-33-49-42(32-47(48)54)40-22-15-23-41(50(40)59-49)53-57-51(36-18-7-4-8-19-36)56-52(58-53)37-30-28-35(29-31-37)34-16-5-3-6-17-34/h3-33H,1-2H3. The number of thiophene rings is 1. The normalized spacial score (nSPS) is 14.2. The second-order valence-electron chi connectivity index (χ2n) is 16.3. The van der Waals surface area contributed by atoms with Crippen LogP contribution in [-0.4, -0.2) is 15.0 Å². The number of nitrogens with zero attached hydrogens (tertiary/aromatic N) is 3. The number of hydrogen-bond donors (Lipinski definition) is 0. The SMILES string of the molecule is CC1(C)c2ccccc2C2(c3ccccc3-c3ccccc32)c2cc3sc4c(-c5nc(-c6ccccc6)nc(-c6ccc(-c7ccccc7)cc6)n5)cccc4c3cc21. The lowest BCUT2D eigenvalue weighted by Crippen LogP contribution is -2.40. The van der Waals surface area contributed by atoms with E-state index in [1.54, 1.807) is 0 Å². The summed E-state index contributed by atoms with van der Waals surface area (Å²) >= 11 is 1.84. The zero-order valence-electron chi connectivity index (χ0n) is 32.6. The Bertz CT molecular complexity index is 3240. The van der Waals surface area contributed by atoms with Gasteiger partial charge in [-0.3, -0.25) is 0 Å². The fraction of sp³-hybridized carbons (Fsp3) is 0.0727. The van der Waals surface area contributed by atoms with Gasteiger partial charge in [-0.2, -0.15) is 0 Å². The van der Waals surface area contributed by atoms with Crippen LogP contribution in [0.5, 0.6) is 0 Å². The minimum absolute atomic E-state index is 0.229. The van der Waals surface area contributed by atoms with E-state index in [9.17, 15) is 0 Å². The fourth-order valence-electron chi connectivity index (χ4n) is 10.1. The Kier molecular flexibility index (Phi) is 7.36. The predicted octanol–water partition coefficient (Wildman–Crippen LogP) is 13.9. The Balaban J connectivity index is 1.09. The molecule has 0 aliphatic heterocycles. The summed E-state index contributed by atoms with van der Waals surface area (Å²) in [6, 6.07) is 68.2. The Morgan fingerprint density at radius 1 is 0.356 bits per heavy atom. The highest BCUT2D eigenvalue weighted by Crippen LogP contribution is 2.63. The van der Waals surface area contributed by atoms with Crippen LogP contribution >= 0.6 is 11.3 Å². The molecule has 0 fully saturated rings. The molecule has 0 atom stereocenters. The Morgan fingerprint density at radius 2 is 0.847 bits per heavy atom. The molecule has 0 amide bonds. The largest absolute Gasteiger partial charge is 0.208 e. The molecule has 2 aromatic heterocycles. The topological polar surface area (TPSA) is 38.7 Å². The molecule has 0 bridgehead atoms. The lowest BCUT2D eigenvalue weighted by molar-refractivity contribution is 0.564. The zero-order valence-corrected chi connectivity index (χ0v) is 33.5. The summed E-state index contributed by atoms with van der Waals surface area (Å²) in [5, 5.41) is 2.48. The van der Waals surface area contributed by atoms with Gasteiger partial charge in [-0.25, -0.2) is 15.0 Å². The van der Waals surface area contributed by atoms with E-state index in [4.69, 9.17) is 15.0 Å². The number of rotatable bonds is 4. The smallest absolute Gasteiger partial charge is 0.165 e. The van der Waals surface area contributed by atoms with E-state index in [0.29, 0.717) is 17.5 Å². The molecule has 2 heterocycles. The van der Waals surface area contributed by atoms with Gasteiger partial charge in [0.25, 0.3) is 0 Å². The molecule has 2 aliphatic rings. The van der Waals surface area contributed by atoms with Crippen LogP contribution in [0.15, 0.2) is 188 Å². The van der Waals surface area contributed by atoms with E-state index in [1.165, 1.54) is 70.2 Å². The first-order chi connectivity index (χ1) is 29.0. The Labute approximate surface area is 347 Å². The van der Waals surface area contributed by atoms with Crippen LogP contribution in [0.4, 0.5) is 0 Å². The number of fused-ring (bicyclic) bond motifs is 12. The molecule has 10 aromatic rings. The van der Waals surface area contributed by atoms with Crippen LogP contribution in [0.1, 0.15) is 47.2 Å². The van der Waals surface area contributed by atoms with Gasteiger partial charge in [0, 0.05) is 42.3 Å². The molecule has 0 N–H and O–H groups in total. The second kappa shape index (κ2) is 12.7. The van der Waals surface area contributed by atoms with Crippen molar-refractivity contribution in [1.29, 1.82) is 0 Å². The molecule has 12 rings (SSSR count). The summed E-state index contributed by atoms with van der Waals surface area (Å²) in [5.41, 5.74) is 15.4. The highest BCUT2D eigenvalue weighted by molar-refractivity contribution is 7.26. The predicted molar refractivity (Wildman–Crippen MR) is 244 cm³/mol. The third-order valence-corrected chi connectivity index (χ3v) is 14.0. The Hall–Kier alpha value is -7.01. The van der Waals surface area contributed by atoms with Gasteiger partial charge in [0.05, 0.1) is 5.41 Å². The maximum absolute atomic E-state index is 5.24. The molecule has 1 spiro atoms. The van der Waals surface area contributed by atoms with E-state index < -0.39 is 5.41 Å². The van der Waals surface area contributed by atoms with Gasteiger partial charge in [0.2, 0.25) is 0 Å². The molecular formula is C55H37N3S. The molecule has 8 aromatic carbocycles. The van der Waals surface area contributed by atoms with Crippen molar-refractivity contribution in [1.82, 2.24) is 15.0 Å². The van der Waals surface area contributed by atoms with Crippen LogP contribution < -0.4 is 0 Å². The summed E-state index contributed by atoms with van der Waals surface area (Å²) < 4.78 is 2.44. The van der Waals surface area contributed by atoms with Gasteiger partial charge in [0.1, 0.15) is 0 Å². The molecular weight excluding hydrogens is 735 g/mol. The maximum Gasteiger partial charge on any atom is 0.165 e. The number of hydrogen-bond acceptors (Lipinski definition) is 4. The van der Waals surface area contributed by atoms with Crippen molar-refractivity contribution >= 4 is 31.5 Å². The summed E-state index contributed by atoms with van der Waals surface area (Å²) in [5.74, 6) is 1.99. The van der Waals surface area contributed by atoms with E-state index in [1.807, 2.05) is 35.6 Å². The van der Waals surface area contributed by atoms with Gasteiger partial charge < -0.3 is 0 Å². The molecule has 0 unspecified atom stereocenters. The minimum Gasteiger partial charge on any atom is -0.208 e. The van der Waals surface area contributed by atoms with E-state index >= 15 is 0 Å². The van der Waals surface area contributed by atoms with Crippen molar-refractivity contribution in [2.24, 2.45) is 0 Å². The van der Waals surface area contributed by atoms with E-state index in [-0.39, 0.29) is 5.41 Å². The van der Waals surface area contributed by atoms with Crippen molar-refractivity contribution in [3.05, 3.63) is 221 Å².